The van der Waals surface area contributed by atoms with Crippen molar-refractivity contribution >= 4 is 5.95 Å². The minimum atomic E-state index is -0.392. The molecule has 0 bridgehead atoms. The van der Waals surface area contributed by atoms with Gasteiger partial charge in [0.05, 0.1) is 25.6 Å². The molecule has 0 radical (unpaired) electrons. The quantitative estimate of drug-likeness (QED) is 0.852. The lowest BCUT2D eigenvalue weighted by molar-refractivity contribution is -0.0799. The number of methoxy groups -OCH3 is 1. The number of nitrogens with zero attached hydrogens (tertiary/aromatic N) is 3. The number of piperidine rings is 1. The first-order chi connectivity index (χ1) is 10.2. The first kappa shape index (κ1) is 14.7. The Balaban J connectivity index is 1.67. The highest BCUT2D eigenvalue weighted by Gasteiger charge is 2.43. The predicted octanol–water partition coefficient (Wildman–Crippen LogP) is 1.89. The minimum Gasteiger partial charge on any atom is -0.384 e. The molecule has 1 aromatic rings. The van der Waals surface area contributed by atoms with Crippen LogP contribution in [0.3, 0.4) is 0 Å². The molecule has 3 rings (SSSR count). The first-order valence-electron chi connectivity index (χ1n) is 7.53. The summed E-state index contributed by atoms with van der Waals surface area (Å²) in [6.45, 7) is 4.21. The van der Waals surface area contributed by atoms with Crippen LogP contribution < -0.4 is 4.90 Å². The van der Waals surface area contributed by atoms with Crippen LogP contribution in [-0.2, 0) is 9.47 Å². The van der Waals surface area contributed by atoms with E-state index < -0.39 is 5.82 Å². The number of ether oxygens (including phenoxy) is 2. The molecule has 21 heavy (non-hydrogen) atoms. The van der Waals surface area contributed by atoms with Crippen LogP contribution in [0.1, 0.15) is 19.3 Å². The predicted molar refractivity (Wildman–Crippen MR) is 76.7 cm³/mol. The van der Waals surface area contributed by atoms with E-state index in [9.17, 15) is 4.39 Å². The largest absolute Gasteiger partial charge is 0.384 e. The van der Waals surface area contributed by atoms with E-state index in [0.29, 0.717) is 17.3 Å². The number of hydrogen-bond acceptors (Lipinski definition) is 5. The molecule has 1 spiro atoms. The van der Waals surface area contributed by atoms with E-state index in [1.807, 2.05) is 0 Å². The molecule has 0 N–H and O–H groups in total. The highest BCUT2D eigenvalue weighted by molar-refractivity contribution is 5.29. The van der Waals surface area contributed by atoms with Gasteiger partial charge in [0.2, 0.25) is 5.95 Å². The highest BCUT2D eigenvalue weighted by Crippen LogP contribution is 2.45. The molecule has 2 fully saturated rings. The fourth-order valence-electron chi connectivity index (χ4n) is 3.59. The Morgan fingerprint density at radius 3 is 2.71 bits per heavy atom. The van der Waals surface area contributed by atoms with Gasteiger partial charge in [-0.15, -0.1) is 0 Å². The highest BCUT2D eigenvalue weighted by atomic mass is 19.1. The number of rotatable bonds is 3. The summed E-state index contributed by atoms with van der Waals surface area (Å²) in [5.41, 5.74) is 0.310. The Morgan fingerprint density at radius 1 is 1.33 bits per heavy atom. The van der Waals surface area contributed by atoms with Crippen molar-refractivity contribution in [2.75, 3.05) is 44.9 Å². The lowest BCUT2D eigenvalue weighted by atomic mass is 9.66. The van der Waals surface area contributed by atoms with Gasteiger partial charge >= 0.3 is 0 Å². The zero-order chi connectivity index (χ0) is 14.7. The van der Waals surface area contributed by atoms with Gasteiger partial charge in [-0.25, -0.2) is 14.4 Å². The van der Waals surface area contributed by atoms with E-state index >= 15 is 0 Å². The van der Waals surface area contributed by atoms with Crippen molar-refractivity contribution in [2.45, 2.75) is 19.3 Å². The molecule has 0 aliphatic carbocycles. The monoisotopic (exact) mass is 295 g/mol. The van der Waals surface area contributed by atoms with E-state index in [1.165, 1.54) is 12.4 Å². The van der Waals surface area contributed by atoms with E-state index in [2.05, 4.69) is 14.9 Å². The molecule has 1 atom stereocenters. The first-order valence-corrected chi connectivity index (χ1v) is 7.53. The lowest BCUT2D eigenvalue weighted by Gasteiger charge is -2.48. The summed E-state index contributed by atoms with van der Waals surface area (Å²) in [4.78, 5) is 10.3. The second kappa shape index (κ2) is 6.23. The van der Waals surface area contributed by atoms with Crippen LogP contribution in [-0.4, -0.2) is 50.0 Å². The smallest absolute Gasteiger partial charge is 0.225 e. The van der Waals surface area contributed by atoms with Crippen molar-refractivity contribution in [1.82, 2.24) is 9.97 Å². The summed E-state index contributed by atoms with van der Waals surface area (Å²) >= 11 is 0. The molecule has 0 aromatic carbocycles. The standard InChI is InChI=1S/C15H22FN3O2/c1-20-10-12-11-21-7-4-15(12)2-5-19(6-3-15)14-17-8-13(16)9-18-14/h8-9,12H,2-7,10-11H2,1H3. The van der Waals surface area contributed by atoms with Gasteiger partial charge < -0.3 is 14.4 Å². The Morgan fingerprint density at radius 2 is 2.05 bits per heavy atom. The van der Waals surface area contributed by atoms with Gasteiger partial charge in [-0.05, 0) is 24.7 Å². The maximum atomic E-state index is 12.9. The average molecular weight is 295 g/mol. The Kier molecular flexibility index (Phi) is 4.35. The van der Waals surface area contributed by atoms with Crippen LogP contribution in [0.2, 0.25) is 0 Å². The van der Waals surface area contributed by atoms with Crippen LogP contribution in [0, 0.1) is 17.2 Å². The average Bonchev–Trinajstić information content (AvgIpc) is 2.52. The van der Waals surface area contributed by atoms with Crippen LogP contribution in [0.5, 0.6) is 0 Å². The molecule has 2 aliphatic rings. The molecular weight excluding hydrogens is 273 g/mol. The Labute approximate surface area is 124 Å². The maximum Gasteiger partial charge on any atom is 0.225 e. The second-order valence-electron chi connectivity index (χ2n) is 6.03. The zero-order valence-corrected chi connectivity index (χ0v) is 12.4. The van der Waals surface area contributed by atoms with E-state index in [-0.39, 0.29) is 0 Å². The third-order valence-corrected chi connectivity index (χ3v) is 4.95. The Bertz CT molecular complexity index is 458. The topological polar surface area (TPSA) is 47.5 Å². The van der Waals surface area contributed by atoms with Crippen molar-refractivity contribution in [3.8, 4) is 0 Å². The van der Waals surface area contributed by atoms with Crippen molar-refractivity contribution in [2.24, 2.45) is 11.3 Å². The summed E-state index contributed by atoms with van der Waals surface area (Å²) in [7, 11) is 1.75. The van der Waals surface area contributed by atoms with Gasteiger partial charge in [0, 0.05) is 32.7 Å². The molecule has 116 valence electrons. The molecule has 2 aliphatic heterocycles. The van der Waals surface area contributed by atoms with Crippen LogP contribution >= 0.6 is 0 Å². The summed E-state index contributed by atoms with van der Waals surface area (Å²) in [6.07, 6.45) is 5.74. The molecule has 5 nitrogen and oxygen atoms in total. The van der Waals surface area contributed by atoms with E-state index in [1.54, 1.807) is 7.11 Å². The third-order valence-electron chi connectivity index (χ3n) is 4.95. The molecule has 3 heterocycles. The normalized spacial score (nSPS) is 25.2. The van der Waals surface area contributed by atoms with Crippen molar-refractivity contribution in [3.05, 3.63) is 18.2 Å². The van der Waals surface area contributed by atoms with Gasteiger partial charge in [0.25, 0.3) is 0 Å². The number of aromatic nitrogens is 2. The van der Waals surface area contributed by atoms with Gasteiger partial charge in [-0.3, -0.25) is 0 Å². The van der Waals surface area contributed by atoms with E-state index in [4.69, 9.17) is 9.47 Å². The van der Waals surface area contributed by atoms with Crippen molar-refractivity contribution in [3.63, 3.8) is 0 Å². The molecule has 1 unspecified atom stereocenters. The van der Waals surface area contributed by atoms with Gasteiger partial charge in [0.1, 0.15) is 0 Å². The van der Waals surface area contributed by atoms with Crippen LogP contribution in [0.4, 0.5) is 10.3 Å². The summed E-state index contributed by atoms with van der Waals surface area (Å²) in [6, 6.07) is 0. The van der Waals surface area contributed by atoms with Crippen LogP contribution in [0.25, 0.3) is 0 Å². The number of hydrogen-bond donors (Lipinski definition) is 0. The minimum absolute atomic E-state index is 0.310. The number of halogens is 1. The second-order valence-corrected chi connectivity index (χ2v) is 6.03. The van der Waals surface area contributed by atoms with E-state index in [0.717, 1.165) is 52.2 Å². The summed E-state index contributed by atoms with van der Waals surface area (Å²) < 4.78 is 23.9. The third kappa shape index (κ3) is 3.01. The molecule has 1 aromatic heterocycles. The Hall–Kier alpha value is -1.27. The maximum absolute atomic E-state index is 12.9. The molecule has 6 heteroatoms. The fourth-order valence-corrected chi connectivity index (χ4v) is 3.59. The molecule has 2 saturated heterocycles. The SMILES string of the molecule is COCC1COCCC12CCN(c1ncc(F)cn1)CC2. The lowest BCUT2D eigenvalue weighted by Crippen LogP contribution is -2.49. The summed E-state index contributed by atoms with van der Waals surface area (Å²) in [5, 5.41) is 0. The van der Waals surface area contributed by atoms with Gasteiger partial charge in [-0.1, -0.05) is 0 Å². The number of anilines is 1. The van der Waals surface area contributed by atoms with Gasteiger partial charge in [0.15, 0.2) is 5.82 Å². The van der Waals surface area contributed by atoms with Crippen molar-refractivity contribution in [1.29, 1.82) is 0 Å². The molecule has 0 saturated carbocycles. The fraction of sp³-hybridized carbons (Fsp3) is 0.733. The molecular formula is C15H22FN3O2. The van der Waals surface area contributed by atoms with Gasteiger partial charge in [-0.2, -0.15) is 0 Å². The van der Waals surface area contributed by atoms with Crippen molar-refractivity contribution < 1.29 is 13.9 Å². The van der Waals surface area contributed by atoms with Crippen LogP contribution in [0.15, 0.2) is 12.4 Å². The zero-order valence-electron chi connectivity index (χ0n) is 12.4. The molecule has 0 amide bonds. The summed E-state index contributed by atoms with van der Waals surface area (Å²) in [5.74, 6) is 0.700.